The van der Waals surface area contributed by atoms with Crippen LogP contribution in [0.5, 0.6) is 0 Å². The highest BCUT2D eigenvalue weighted by Crippen LogP contribution is 2.27. The molecule has 0 amide bonds. The molecule has 1 atom stereocenters. The second kappa shape index (κ2) is 5.14. The summed E-state index contributed by atoms with van der Waals surface area (Å²) in [6.07, 6.45) is 3.36. The van der Waals surface area contributed by atoms with Crippen LogP contribution < -0.4 is 5.73 Å². The van der Waals surface area contributed by atoms with Crippen molar-refractivity contribution >= 4 is 5.82 Å². The molecule has 3 N–H and O–H groups in total. The molecule has 0 fully saturated rings. The Kier molecular flexibility index (Phi) is 3.58. The van der Waals surface area contributed by atoms with Crippen molar-refractivity contribution in [3.05, 3.63) is 53.0 Å². The van der Waals surface area contributed by atoms with E-state index in [1.807, 2.05) is 32.0 Å². The molecule has 0 aliphatic rings. The minimum Gasteiger partial charge on any atom is -0.383 e. The van der Waals surface area contributed by atoms with Gasteiger partial charge in [-0.25, -0.2) is 4.98 Å². The average Bonchev–Trinajstić information content (AvgIpc) is 2.40. The van der Waals surface area contributed by atoms with E-state index in [-0.39, 0.29) is 0 Å². The lowest BCUT2D eigenvalue weighted by atomic mass is 10.0. The van der Waals surface area contributed by atoms with Gasteiger partial charge >= 0.3 is 0 Å². The third-order valence-corrected chi connectivity index (χ3v) is 2.95. The zero-order valence-corrected chi connectivity index (χ0v) is 10.6. The van der Waals surface area contributed by atoms with E-state index in [0.29, 0.717) is 17.1 Å². The maximum absolute atomic E-state index is 10.4. The van der Waals surface area contributed by atoms with Crippen LogP contribution >= 0.6 is 0 Å². The molecule has 0 saturated heterocycles. The highest BCUT2D eigenvalue weighted by molar-refractivity contribution is 5.46. The molecule has 2 heterocycles. The summed E-state index contributed by atoms with van der Waals surface area (Å²) in [7, 11) is 0. The summed E-state index contributed by atoms with van der Waals surface area (Å²) in [5, 5.41) is 10.4. The van der Waals surface area contributed by atoms with E-state index in [4.69, 9.17) is 5.73 Å². The topological polar surface area (TPSA) is 72.0 Å². The molecular formula is C14H17N3O. The molecule has 0 spiro atoms. The summed E-state index contributed by atoms with van der Waals surface area (Å²) in [4.78, 5) is 8.33. The van der Waals surface area contributed by atoms with Crippen molar-refractivity contribution in [2.24, 2.45) is 0 Å². The molecular weight excluding hydrogens is 226 g/mol. The number of aliphatic hydroxyl groups excluding tert-OH is 1. The molecule has 18 heavy (non-hydrogen) atoms. The monoisotopic (exact) mass is 243 g/mol. The predicted molar refractivity (Wildman–Crippen MR) is 71.1 cm³/mol. The quantitative estimate of drug-likeness (QED) is 0.865. The van der Waals surface area contributed by atoms with Crippen molar-refractivity contribution in [3.63, 3.8) is 0 Å². The first-order chi connectivity index (χ1) is 8.63. The van der Waals surface area contributed by atoms with Gasteiger partial charge < -0.3 is 10.8 Å². The van der Waals surface area contributed by atoms with Gasteiger partial charge in [-0.05, 0) is 36.6 Å². The number of aryl methyl sites for hydroxylation is 2. The van der Waals surface area contributed by atoms with Crippen LogP contribution in [0.25, 0.3) is 0 Å². The molecule has 2 rings (SSSR count). The standard InChI is InChI=1S/C14H17N3O/c1-3-10-5-4-6-16-12(10)13(18)11-7-9(2)8-17-14(11)15/h4-8,13,18H,3H2,1-2H3,(H2,15,17). The Morgan fingerprint density at radius 3 is 2.89 bits per heavy atom. The van der Waals surface area contributed by atoms with E-state index in [0.717, 1.165) is 17.5 Å². The summed E-state index contributed by atoms with van der Waals surface area (Å²) >= 11 is 0. The third kappa shape index (κ3) is 2.33. The van der Waals surface area contributed by atoms with Crippen molar-refractivity contribution in [2.45, 2.75) is 26.4 Å². The van der Waals surface area contributed by atoms with Gasteiger partial charge in [-0.1, -0.05) is 13.0 Å². The van der Waals surface area contributed by atoms with Crippen LogP contribution in [0.2, 0.25) is 0 Å². The van der Waals surface area contributed by atoms with Gasteiger partial charge in [0.25, 0.3) is 0 Å². The number of aromatic nitrogens is 2. The van der Waals surface area contributed by atoms with Crippen LogP contribution in [0.1, 0.15) is 35.4 Å². The predicted octanol–water partition coefficient (Wildman–Crippen LogP) is 2.01. The van der Waals surface area contributed by atoms with Gasteiger partial charge in [0.05, 0.1) is 5.69 Å². The summed E-state index contributed by atoms with van der Waals surface area (Å²) < 4.78 is 0. The van der Waals surface area contributed by atoms with Crippen molar-refractivity contribution < 1.29 is 5.11 Å². The Balaban J connectivity index is 2.47. The number of rotatable bonds is 3. The molecule has 94 valence electrons. The minimum absolute atomic E-state index is 0.348. The highest BCUT2D eigenvalue weighted by atomic mass is 16.3. The van der Waals surface area contributed by atoms with E-state index in [9.17, 15) is 5.11 Å². The number of hydrogen-bond donors (Lipinski definition) is 2. The molecule has 2 aromatic rings. The highest BCUT2D eigenvalue weighted by Gasteiger charge is 2.18. The second-order valence-electron chi connectivity index (χ2n) is 4.29. The number of nitrogen functional groups attached to an aromatic ring is 1. The van der Waals surface area contributed by atoms with Crippen LogP contribution in [-0.4, -0.2) is 15.1 Å². The molecule has 4 heteroatoms. The van der Waals surface area contributed by atoms with E-state index >= 15 is 0 Å². The molecule has 4 nitrogen and oxygen atoms in total. The van der Waals surface area contributed by atoms with Gasteiger partial charge in [0, 0.05) is 18.0 Å². The summed E-state index contributed by atoms with van der Waals surface area (Å²) in [5.41, 5.74) is 9.07. The molecule has 0 aromatic carbocycles. The molecule has 1 unspecified atom stereocenters. The Morgan fingerprint density at radius 2 is 2.17 bits per heavy atom. The fourth-order valence-corrected chi connectivity index (χ4v) is 1.96. The Hall–Kier alpha value is -1.94. The van der Waals surface area contributed by atoms with E-state index in [1.165, 1.54) is 0 Å². The molecule has 0 radical (unpaired) electrons. The summed E-state index contributed by atoms with van der Waals surface area (Å²) in [6, 6.07) is 5.68. The van der Waals surface area contributed by atoms with Gasteiger partial charge in [0.1, 0.15) is 11.9 Å². The number of aliphatic hydroxyl groups is 1. The van der Waals surface area contributed by atoms with Gasteiger partial charge in [-0.2, -0.15) is 0 Å². The number of nitrogens with two attached hydrogens (primary N) is 1. The van der Waals surface area contributed by atoms with Gasteiger partial charge in [0.15, 0.2) is 0 Å². The Labute approximate surface area is 107 Å². The van der Waals surface area contributed by atoms with Crippen LogP contribution in [0.15, 0.2) is 30.6 Å². The summed E-state index contributed by atoms with van der Waals surface area (Å²) in [6.45, 7) is 3.95. The number of hydrogen-bond acceptors (Lipinski definition) is 4. The Bertz CT molecular complexity index is 554. The van der Waals surface area contributed by atoms with Gasteiger partial charge in [-0.15, -0.1) is 0 Å². The third-order valence-electron chi connectivity index (χ3n) is 2.95. The Morgan fingerprint density at radius 1 is 1.39 bits per heavy atom. The molecule has 0 bridgehead atoms. The molecule has 0 aliphatic carbocycles. The molecule has 2 aromatic heterocycles. The fraction of sp³-hybridized carbons (Fsp3) is 0.286. The molecule has 0 aliphatic heterocycles. The van der Waals surface area contributed by atoms with E-state index < -0.39 is 6.10 Å². The maximum Gasteiger partial charge on any atom is 0.129 e. The zero-order valence-electron chi connectivity index (χ0n) is 10.6. The fourth-order valence-electron chi connectivity index (χ4n) is 1.96. The summed E-state index contributed by atoms with van der Waals surface area (Å²) in [5.74, 6) is 0.348. The number of nitrogens with zero attached hydrogens (tertiary/aromatic N) is 2. The van der Waals surface area contributed by atoms with Crippen molar-refractivity contribution in [1.82, 2.24) is 9.97 Å². The van der Waals surface area contributed by atoms with Crippen molar-refractivity contribution in [1.29, 1.82) is 0 Å². The van der Waals surface area contributed by atoms with Crippen molar-refractivity contribution in [3.8, 4) is 0 Å². The number of anilines is 1. The zero-order chi connectivity index (χ0) is 13.1. The lowest BCUT2D eigenvalue weighted by molar-refractivity contribution is 0.214. The minimum atomic E-state index is -0.825. The molecule has 0 saturated carbocycles. The number of pyridine rings is 2. The first kappa shape index (κ1) is 12.5. The van der Waals surface area contributed by atoms with Crippen LogP contribution in [0.3, 0.4) is 0 Å². The second-order valence-corrected chi connectivity index (χ2v) is 4.29. The lowest BCUT2D eigenvalue weighted by Gasteiger charge is -2.15. The van der Waals surface area contributed by atoms with Gasteiger partial charge in [0.2, 0.25) is 0 Å². The van der Waals surface area contributed by atoms with Crippen molar-refractivity contribution in [2.75, 3.05) is 5.73 Å². The normalized spacial score (nSPS) is 12.4. The van der Waals surface area contributed by atoms with E-state index in [1.54, 1.807) is 12.4 Å². The van der Waals surface area contributed by atoms with Gasteiger partial charge in [-0.3, -0.25) is 4.98 Å². The average molecular weight is 243 g/mol. The maximum atomic E-state index is 10.4. The lowest BCUT2D eigenvalue weighted by Crippen LogP contribution is -2.09. The van der Waals surface area contributed by atoms with Crippen LogP contribution in [0, 0.1) is 6.92 Å². The largest absolute Gasteiger partial charge is 0.383 e. The SMILES string of the molecule is CCc1cccnc1C(O)c1cc(C)cnc1N. The van der Waals surface area contributed by atoms with Crippen LogP contribution in [-0.2, 0) is 6.42 Å². The smallest absolute Gasteiger partial charge is 0.129 e. The first-order valence-electron chi connectivity index (χ1n) is 5.97. The first-order valence-corrected chi connectivity index (χ1v) is 5.97. The van der Waals surface area contributed by atoms with Crippen LogP contribution in [0.4, 0.5) is 5.82 Å². The van der Waals surface area contributed by atoms with E-state index in [2.05, 4.69) is 9.97 Å².